The molecule has 9 nitrogen and oxygen atoms in total. The molecule has 3 aliphatic rings. The van der Waals surface area contributed by atoms with Crippen LogP contribution < -0.4 is 18.9 Å². The fourth-order valence-corrected chi connectivity index (χ4v) is 4.09. The van der Waals surface area contributed by atoms with Crippen LogP contribution in [0.5, 0.6) is 28.7 Å². The summed E-state index contributed by atoms with van der Waals surface area (Å²) in [6, 6.07) is 12.5. The number of aromatic hydroxyl groups is 1. The van der Waals surface area contributed by atoms with Gasteiger partial charge in [0.2, 0.25) is 0 Å². The largest absolute Gasteiger partial charge is 0.504 e. The summed E-state index contributed by atoms with van der Waals surface area (Å²) in [7, 11) is 5.23. The number of rotatable bonds is 5. The van der Waals surface area contributed by atoms with Gasteiger partial charge in [0.25, 0.3) is 0 Å². The number of cyclic esters (lactones) is 1. The first kappa shape index (κ1) is 34.7. The van der Waals surface area contributed by atoms with Crippen LogP contribution in [-0.4, -0.2) is 88.3 Å². The quantitative estimate of drug-likeness (QED) is 0.468. The Bertz CT molecular complexity index is 924. The van der Waals surface area contributed by atoms with Crippen molar-refractivity contribution in [2.75, 3.05) is 67.3 Å². The molecule has 3 aliphatic heterocycles. The molecule has 226 valence electrons. The number of methoxy groups -OCH3 is 2. The molecule has 0 bridgehead atoms. The summed E-state index contributed by atoms with van der Waals surface area (Å²) < 4.78 is 25.3. The Morgan fingerprint density at radius 2 is 1.45 bits per heavy atom. The van der Waals surface area contributed by atoms with Crippen molar-refractivity contribution in [2.45, 2.75) is 47.0 Å². The molecule has 2 aromatic rings. The maximum absolute atomic E-state index is 11.2. The zero-order chi connectivity index (χ0) is 29.8. The minimum atomic E-state index is -0.122. The van der Waals surface area contributed by atoms with E-state index in [4.69, 9.17) is 28.8 Å². The molecule has 40 heavy (non-hydrogen) atoms. The fraction of sp³-hybridized carbons (Fsp3) is 0.581. The Balaban J connectivity index is 0.000000288. The van der Waals surface area contributed by atoms with Crippen LogP contribution in [0.2, 0.25) is 0 Å². The lowest BCUT2D eigenvalue weighted by Crippen LogP contribution is -2.33. The monoisotopic (exact) mass is 562 g/mol. The molecule has 0 saturated carbocycles. The third-order valence-electron chi connectivity index (χ3n) is 6.32. The van der Waals surface area contributed by atoms with E-state index in [1.807, 2.05) is 56.9 Å². The van der Waals surface area contributed by atoms with Crippen molar-refractivity contribution in [2.24, 2.45) is 5.92 Å². The van der Waals surface area contributed by atoms with Gasteiger partial charge in [-0.05, 0) is 69.6 Å². The molecule has 0 aliphatic carbocycles. The zero-order valence-corrected chi connectivity index (χ0v) is 25.5. The lowest BCUT2D eigenvalue weighted by molar-refractivity contribution is 0.153. The maximum atomic E-state index is 11.2. The molecular formula is C31H50N2O7. The van der Waals surface area contributed by atoms with Gasteiger partial charge in [0, 0.05) is 12.6 Å². The predicted molar refractivity (Wildman–Crippen MR) is 159 cm³/mol. The van der Waals surface area contributed by atoms with E-state index >= 15 is 0 Å². The van der Waals surface area contributed by atoms with Gasteiger partial charge in [0.15, 0.2) is 23.0 Å². The van der Waals surface area contributed by atoms with Crippen LogP contribution in [0.15, 0.2) is 42.5 Å². The lowest BCUT2D eigenvalue weighted by Gasteiger charge is -2.29. The van der Waals surface area contributed by atoms with Crippen molar-refractivity contribution >= 4 is 6.09 Å². The first-order valence-corrected chi connectivity index (χ1v) is 14.4. The van der Waals surface area contributed by atoms with Crippen LogP contribution >= 0.6 is 0 Å². The number of phenolic OH excluding ortho intramolecular Hbond substituents is 1. The number of ether oxygens (including phenoxy) is 5. The number of fused-ring (bicyclic) bond motifs is 1. The van der Waals surface area contributed by atoms with Gasteiger partial charge in [0.1, 0.15) is 25.6 Å². The number of hydrogen-bond acceptors (Lipinski definition) is 8. The highest BCUT2D eigenvalue weighted by Crippen LogP contribution is 2.29. The van der Waals surface area contributed by atoms with Crippen LogP contribution in [-0.2, 0) is 4.74 Å². The van der Waals surface area contributed by atoms with E-state index in [-0.39, 0.29) is 11.8 Å². The molecule has 0 radical (unpaired) electrons. The highest BCUT2D eigenvalue weighted by molar-refractivity contribution is 5.69. The van der Waals surface area contributed by atoms with E-state index in [1.54, 1.807) is 19.2 Å². The zero-order valence-electron chi connectivity index (χ0n) is 25.5. The van der Waals surface area contributed by atoms with Crippen LogP contribution in [0.3, 0.4) is 0 Å². The summed E-state index contributed by atoms with van der Waals surface area (Å²) in [6.45, 7) is 14.0. The van der Waals surface area contributed by atoms with Gasteiger partial charge in [-0.25, -0.2) is 4.79 Å². The van der Waals surface area contributed by atoms with Gasteiger partial charge in [0.05, 0.1) is 20.8 Å². The summed E-state index contributed by atoms with van der Waals surface area (Å²) in [4.78, 5) is 15.4. The smallest absolute Gasteiger partial charge is 0.409 e. The molecule has 2 fully saturated rings. The molecule has 0 spiro atoms. The molecule has 0 atom stereocenters. The number of amides is 1. The Morgan fingerprint density at radius 3 is 1.95 bits per heavy atom. The number of likely N-dealkylation sites (tertiary alicyclic amines) is 1. The van der Waals surface area contributed by atoms with E-state index in [9.17, 15) is 4.79 Å². The number of nitrogens with zero attached hydrogens (tertiary/aromatic N) is 2. The van der Waals surface area contributed by atoms with Crippen LogP contribution in [0, 0.1) is 5.92 Å². The van der Waals surface area contributed by atoms with Crippen molar-refractivity contribution in [3.05, 3.63) is 42.5 Å². The molecule has 0 aromatic heterocycles. The fourth-order valence-electron chi connectivity index (χ4n) is 4.09. The molecule has 0 unspecified atom stereocenters. The van der Waals surface area contributed by atoms with Crippen molar-refractivity contribution in [3.8, 4) is 28.7 Å². The molecule has 2 saturated heterocycles. The second-order valence-corrected chi connectivity index (χ2v) is 8.82. The SMILES string of the molecule is CC.CC.CN1CCC(CCN2CCOC2=O)CC1.COc1ccc(O)c(OC)c1.c1ccc2c(c1)OCCO2. The molecule has 5 rings (SSSR count). The van der Waals surface area contributed by atoms with Crippen molar-refractivity contribution < 1.29 is 33.6 Å². The van der Waals surface area contributed by atoms with E-state index in [0.29, 0.717) is 31.3 Å². The molecule has 9 heteroatoms. The number of carbonyl (C=O) groups is 1. The van der Waals surface area contributed by atoms with E-state index in [2.05, 4.69) is 11.9 Å². The standard InChI is InChI=1S/C11H20N2O2.C8H10O3.C8H8O2.2C2H6/c1-12-5-2-10(3-6-12)4-7-13-8-9-15-11(13)14;1-10-6-3-4-7(9)8(5-6)11-2;1-2-4-8-7(3-1)9-5-6-10-8;2*1-2/h10H,2-9H2,1H3;3-5,9H,1-2H3;1-4H,5-6H2;2*1-2H3. The molecular weight excluding hydrogens is 512 g/mol. The van der Waals surface area contributed by atoms with E-state index in [1.165, 1.54) is 39.1 Å². The summed E-state index contributed by atoms with van der Waals surface area (Å²) >= 11 is 0. The maximum Gasteiger partial charge on any atom is 0.409 e. The number of piperidine rings is 1. The van der Waals surface area contributed by atoms with Crippen LogP contribution in [0.25, 0.3) is 0 Å². The van der Waals surface area contributed by atoms with Gasteiger partial charge in [-0.2, -0.15) is 0 Å². The topological polar surface area (TPSA) is 89.9 Å². The average molecular weight is 563 g/mol. The highest BCUT2D eigenvalue weighted by atomic mass is 16.6. The summed E-state index contributed by atoms with van der Waals surface area (Å²) in [5.74, 6) is 3.72. The van der Waals surface area contributed by atoms with Gasteiger partial charge in [-0.15, -0.1) is 0 Å². The Labute approximate surface area is 240 Å². The van der Waals surface area contributed by atoms with Crippen molar-refractivity contribution in [1.29, 1.82) is 0 Å². The summed E-state index contributed by atoms with van der Waals surface area (Å²) in [6.07, 6.45) is 3.57. The normalized spacial score (nSPS) is 15.8. The van der Waals surface area contributed by atoms with Gasteiger partial charge < -0.3 is 38.6 Å². The summed E-state index contributed by atoms with van der Waals surface area (Å²) in [5.41, 5.74) is 0. The number of carbonyl (C=O) groups excluding carboxylic acids is 1. The van der Waals surface area contributed by atoms with Gasteiger partial charge >= 0.3 is 6.09 Å². The minimum Gasteiger partial charge on any atom is -0.504 e. The molecule has 3 heterocycles. The van der Waals surface area contributed by atoms with E-state index < -0.39 is 0 Å². The number of para-hydroxylation sites is 2. The number of phenols is 1. The van der Waals surface area contributed by atoms with E-state index in [0.717, 1.165) is 36.9 Å². The second-order valence-electron chi connectivity index (χ2n) is 8.82. The highest BCUT2D eigenvalue weighted by Gasteiger charge is 2.23. The molecule has 2 aromatic carbocycles. The Hall–Kier alpha value is -3.33. The minimum absolute atomic E-state index is 0.119. The predicted octanol–water partition coefficient (Wildman–Crippen LogP) is 6.09. The second kappa shape index (κ2) is 20.6. The third-order valence-corrected chi connectivity index (χ3v) is 6.32. The Morgan fingerprint density at radius 1 is 0.850 bits per heavy atom. The lowest BCUT2D eigenvalue weighted by atomic mass is 9.94. The van der Waals surface area contributed by atoms with Gasteiger partial charge in [-0.3, -0.25) is 0 Å². The van der Waals surface area contributed by atoms with Crippen molar-refractivity contribution in [3.63, 3.8) is 0 Å². The first-order valence-electron chi connectivity index (χ1n) is 14.4. The number of benzene rings is 2. The average Bonchev–Trinajstić information content (AvgIpc) is 3.44. The van der Waals surface area contributed by atoms with Gasteiger partial charge in [-0.1, -0.05) is 39.8 Å². The van der Waals surface area contributed by atoms with Crippen molar-refractivity contribution in [1.82, 2.24) is 9.80 Å². The summed E-state index contributed by atoms with van der Waals surface area (Å²) in [5, 5.41) is 9.15. The van der Waals surface area contributed by atoms with Crippen LogP contribution in [0.4, 0.5) is 4.79 Å². The van der Waals surface area contributed by atoms with Crippen LogP contribution in [0.1, 0.15) is 47.0 Å². The first-order chi connectivity index (χ1) is 19.5. The molecule has 1 N–H and O–H groups in total. The third kappa shape index (κ3) is 12.2. The molecule has 1 amide bonds. The number of hydrogen-bond donors (Lipinski definition) is 1. The Kier molecular flexibility index (Phi) is 17.8.